The van der Waals surface area contributed by atoms with Gasteiger partial charge in [0.25, 0.3) is 0 Å². The first-order valence-electron chi connectivity index (χ1n) is 14.5. The molecule has 208 valence electrons. The Labute approximate surface area is 235 Å². The molecule has 2 aromatic carbocycles. The second-order valence-electron chi connectivity index (χ2n) is 10.8. The Hall–Kier alpha value is -4.11. The van der Waals surface area contributed by atoms with E-state index in [2.05, 4.69) is 56.0 Å². The Kier molecular flexibility index (Phi) is 7.81. The summed E-state index contributed by atoms with van der Waals surface area (Å²) in [6.07, 6.45) is 10.6. The van der Waals surface area contributed by atoms with Gasteiger partial charge < -0.3 is 20.4 Å². The molecule has 9 heteroatoms. The molecular formula is C31H38N8O. The number of nitrogens with zero attached hydrogens (tertiary/aromatic N) is 5. The van der Waals surface area contributed by atoms with Gasteiger partial charge in [0.05, 0.1) is 11.4 Å². The van der Waals surface area contributed by atoms with Crippen LogP contribution in [-0.2, 0) is 6.42 Å². The molecule has 40 heavy (non-hydrogen) atoms. The van der Waals surface area contributed by atoms with Crippen LogP contribution < -0.4 is 10.6 Å². The molecule has 2 aliphatic heterocycles. The fraction of sp³-hybridized carbons (Fsp3) is 0.387. The minimum Gasteiger partial charge on any atom is -0.339 e. The molecule has 0 radical (unpaired) electrons. The highest BCUT2D eigenvalue weighted by atomic mass is 16.2. The average Bonchev–Trinajstić information content (AvgIpc) is 3.72. The molecule has 9 nitrogen and oxygen atoms in total. The van der Waals surface area contributed by atoms with Crippen molar-refractivity contribution in [2.24, 2.45) is 0 Å². The van der Waals surface area contributed by atoms with Crippen LogP contribution in [0.3, 0.4) is 0 Å². The van der Waals surface area contributed by atoms with Crippen molar-refractivity contribution in [3.8, 4) is 16.9 Å². The molecule has 0 atom stereocenters. The van der Waals surface area contributed by atoms with Crippen LogP contribution in [0.4, 0.5) is 22.0 Å². The number of hydrogen-bond acceptors (Lipinski definition) is 5. The highest BCUT2D eigenvalue weighted by Crippen LogP contribution is 2.28. The van der Waals surface area contributed by atoms with Gasteiger partial charge in [-0.3, -0.25) is 5.10 Å². The Morgan fingerprint density at radius 3 is 2.52 bits per heavy atom. The maximum Gasteiger partial charge on any atom is 0.321 e. The highest BCUT2D eigenvalue weighted by molar-refractivity contribution is 5.90. The van der Waals surface area contributed by atoms with E-state index in [9.17, 15) is 4.79 Å². The molecule has 2 saturated heterocycles. The quantitative estimate of drug-likeness (QED) is 0.266. The van der Waals surface area contributed by atoms with Gasteiger partial charge in [-0.2, -0.15) is 10.2 Å². The van der Waals surface area contributed by atoms with Crippen molar-refractivity contribution < 1.29 is 4.79 Å². The van der Waals surface area contributed by atoms with Crippen LogP contribution in [-0.4, -0.2) is 68.0 Å². The van der Waals surface area contributed by atoms with Crippen molar-refractivity contribution in [3.63, 3.8) is 0 Å². The van der Waals surface area contributed by atoms with Crippen LogP contribution in [0, 0.1) is 0 Å². The van der Waals surface area contributed by atoms with Gasteiger partial charge in [-0.05, 0) is 92.7 Å². The summed E-state index contributed by atoms with van der Waals surface area (Å²) >= 11 is 0. The van der Waals surface area contributed by atoms with Gasteiger partial charge >= 0.3 is 6.03 Å². The molecular weight excluding hydrogens is 500 g/mol. The number of urea groups is 1. The fourth-order valence-electron chi connectivity index (χ4n) is 5.89. The number of rotatable bonds is 7. The SMILES string of the molecule is CCc1cc(NC(=O)N2CCC(N3CCCCC3)CC2)ccc1Nc1cc(-c2ccc(-n3cccn3)cc2)[nH]n1. The molecule has 0 bridgehead atoms. The monoisotopic (exact) mass is 538 g/mol. The van der Waals surface area contributed by atoms with Gasteiger partial charge in [0.2, 0.25) is 0 Å². The molecule has 2 amide bonds. The van der Waals surface area contributed by atoms with Crippen molar-refractivity contribution >= 4 is 23.2 Å². The molecule has 4 heterocycles. The minimum atomic E-state index is -0.00428. The number of anilines is 3. The summed E-state index contributed by atoms with van der Waals surface area (Å²) in [5.74, 6) is 0.745. The lowest BCUT2D eigenvalue weighted by Gasteiger charge is -2.40. The van der Waals surface area contributed by atoms with Crippen molar-refractivity contribution in [2.75, 3.05) is 36.8 Å². The number of hydrogen-bond donors (Lipinski definition) is 3. The number of benzene rings is 2. The number of aromatic amines is 1. The van der Waals surface area contributed by atoms with Gasteiger partial charge in [0.1, 0.15) is 0 Å². The Balaban J connectivity index is 1.05. The second kappa shape index (κ2) is 12.0. The van der Waals surface area contributed by atoms with Crippen LogP contribution in [0.5, 0.6) is 0 Å². The van der Waals surface area contributed by atoms with Gasteiger partial charge in [0, 0.05) is 49.0 Å². The third kappa shape index (κ3) is 5.89. The van der Waals surface area contributed by atoms with E-state index in [1.807, 2.05) is 52.2 Å². The number of piperidine rings is 2. The van der Waals surface area contributed by atoms with E-state index in [0.717, 1.165) is 72.1 Å². The van der Waals surface area contributed by atoms with Gasteiger partial charge in [-0.1, -0.05) is 25.5 Å². The largest absolute Gasteiger partial charge is 0.339 e. The molecule has 0 spiro atoms. The lowest BCUT2D eigenvalue weighted by Crippen LogP contribution is -2.49. The lowest BCUT2D eigenvalue weighted by atomic mass is 10.00. The van der Waals surface area contributed by atoms with Crippen LogP contribution in [0.25, 0.3) is 16.9 Å². The number of likely N-dealkylation sites (tertiary alicyclic amines) is 2. The van der Waals surface area contributed by atoms with Crippen LogP contribution in [0.15, 0.2) is 67.0 Å². The van der Waals surface area contributed by atoms with E-state index in [0.29, 0.717) is 6.04 Å². The van der Waals surface area contributed by atoms with Crippen LogP contribution in [0.2, 0.25) is 0 Å². The maximum absolute atomic E-state index is 13.0. The first-order chi connectivity index (χ1) is 19.7. The molecule has 0 saturated carbocycles. The maximum atomic E-state index is 13.0. The van der Waals surface area contributed by atoms with E-state index < -0.39 is 0 Å². The molecule has 0 unspecified atom stereocenters. The molecule has 2 aliphatic rings. The fourth-order valence-corrected chi connectivity index (χ4v) is 5.89. The Morgan fingerprint density at radius 2 is 1.80 bits per heavy atom. The van der Waals surface area contributed by atoms with Gasteiger partial charge in [-0.25, -0.2) is 9.48 Å². The van der Waals surface area contributed by atoms with Gasteiger partial charge in [-0.15, -0.1) is 0 Å². The molecule has 4 aromatic rings. The third-order valence-electron chi connectivity index (χ3n) is 8.18. The predicted molar refractivity (Wildman–Crippen MR) is 159 cm³/mol. The summed E-state index contributed by atoms with van der Waals surface area (Å²) in [6, 6.07) is 18.8. The number of carbonyl (C=O) groups excluding carboxylic acids is 1. The van der Waals surface area contributed by atoms with Crippen LogP contribution in [0.1, 0.15) is 44.6 Å². The minimum absolute atomic E-state index is 0.00428. The molecule has 0 aliphatic carbocycles. The second-order valence-corrected chi connectivity index (χ2v) is 10.8. The topological polar surface area (TPSA) is 94.1 Å². The Morgan fingerprint density at radius 1 is 1.00 bits per heavy atom. The summed E-state index contributed by atoms with van der Waals surface area (Å²) < 4.78 is 1.83. The van der Waals surface area contributed by atoms with E-state index in [1.165, 1.54) is 32.4 Å². The smallest absolute Gasteiger partial charge is 0.321 e. The number of carbonyl (C=O) groups is 1. The summed E-state index contributed by atoms with van der Waals surface area (Å²) in [4.78, 5) is 17.6. The first-order valence-corrected chi connectivity index (χ1v) is 14.5. The number of aromatic nitrogens is 4. The summed E-state index contributed by atoms with van der Waals surface area (Å²) in [5, 5.41) is 18.5. The van der Waals surface area contributed by atoms with Crippen molar-refractivity contribution in [1.29, 1.82) is 0 Å². The van der Waals surface area contributed by atoms with Gasteiger partial charge in [0.15, 0.2) is 5.82 Å². The predicted octanol–water partition coefficient (Wildman–Crippen LogP) is 6.05. The standard InChI is InChI=1S/C31H38N8O/c1-2-23-21-25(33-31(40)38-19-13-26(14-20-38)37-16-4-3-5-17-37)9-12-28(23)34-30-22-29(35-36-30)24-7-10-27(11-8-24)39-18-6-15-32-39/h6-12,15,18,21-22,26H,2-5,13-14,16-17,19-20H2,1H3,(H,33,40)(H2,34,35,36). The zero-order valence-electron chi connectivity index (χ0n) is 23.1. The van der Waals surface area contributed by atoms with E-state index in [-0.39, 0.29) is 6.03 Å². The van der Waals surface area contributed by atoms with Crippen molar-refractivity contribution in [1.82, 2.24) is 29.8 Å². The van der Waals surface area contributed by atoms with E-state index in [4.69, 9.17) is 0 Å². The zero-order valence-corrected chi connectivity index (χ0v) is 23.1. The molecule has 2 aromatic heterocycles. The van der Waals surface area contributed by atoms with E-state index in [1.54, 1.807) is 6.20 Å². The molecule has 2 fully saturated rings. The van der Waals surface area contributed by atoms with Crippen molar-refractivity contribution in [3.05, 3.63) is 72.6 Å². The zero-order chi connectivity index (χ0) is 27.3. The Bertz CT molecular complexity index is 1400. The van der Waals surface area contributed by atoms with Crippen LogP contribution >= 0.6 is 0 Å². The molecule has 3 N–H and O–H groups in total. The number of amides is 2. The highest BCUT2D eigenvalue weighted by Gasteiger charge is 2.27. The number of H-pyrrole nitrogens is 1. The normalized spacial score (nSPS) is 16.7. The first kappa shape index (κ1) is 26.1. The summed E-state index contributed by atoms with van der Waals surface area (Å²) in [5.41, 5.74) is 5.91. The summed E-state index contributed by atoms with van der Waals surface area (Å²) in [7, 11) is 0. The third-order valence-corrected chi connectivity index (χ3v) is 8.18. The summed E-state index contributed by atoms with van der Waals surface area (Å²) in [6.45, 7) is 6.20. The molecule has 6 rings (SSSR count). The lowest BCUT2D eigenvalue weighted by molar-refractivity contribution is 0.104. The van der Waals surface area contributed by atoms with E-state index >= 15 is 0 Å². The average molecular weight is 539 g/mol. The number of aryl methyl sites for hydroxylation is 1. The van der Waals surface area contributed by atoms with Crippen molar-refractivity contribution in [2.45, 2.75) is 51.5 Å². The number of nitrogens with one attached hydrogen (secondary N) is 3.